The average molecular weight is 203 g/mol. The molecule has 0 saturated heterocycles. The van der Waals surface area contributed by atoms with Crippen LogP contribution in [0.15, 0.2) is 17.5 Å². The maximum atomic E-state index is 4.66. The zero-order valence-corrected chi connectivity index (χ0v) is 9.78. The van der Waals surface area contributed by atoms with Crippen LogP contribution in [0.2, 0.25) is 0 Å². The quantitative estimate of drug-likeness (QED) is 0.649. The minimum absolute atomic E-state index is 0.0691. The maximum Gasteiger partial charge on any atom is 0.115 e. The van der Waals surface area contributed by atoms with Crippen LogP contribution in [0.4, 0.5) is 0 Å². The molecule has 0 fully saturated rings. The summed E-state index contributed by atoms with van der Waals surface area (Å²) >= 11 is 0. The van der Waals surface area contributed by atoms with Gasteiger partial charge in [-0.2, -0.15) is 0 Å². The molecular weight excluding hydrogens is 186 g/mol. The third-order valence-electron chi connectivity index (χ3n) is 2.70. The first-order chi connectivity index (χ1) is 7.00. The highest BCUT2D eigenvalue weighted by Gasteiger charge is 2.28. The van der Waals surface area contributed by atoms with Crippen molar-refractivity contribution < 1.29 is 0 Å². The number of hydrogen-bond donors (Lipinski definition) is 0. The summed E-state index contributed by atoms with van der Waals surface area (Å²) in [6.45, 7) is 9.54. The lowest BCUT2D eigenvalue weighted by Crippen LogP contribution is -2.28. The van der Waals surface area contributed by atoms with Crippen molar-refractivity contribution in [3.63, 3.8) is 0 Å². The second-order valence-electron chi connectivity index (χ2n) is 5.16. The molecule has 0 spiro atoms. The van der Waals surface area contributed by atoms with Crippen LogP contribution in [-0.4, -0.2) is 22.2 Å². The highest BCUT2D eigenvalue weighted by Crippen LogP contribution is 2.30. The lowest BCUT2D eigenvalue weighted by atomic mass is 9.82. The molecule has 0 saturated carbocycles. The van der Waals surface area contributed by atoms with E-state index in [-0.39, 0.29) is 5.41 Å². The molecule has 3 heteroatoms. The number of rotatable bonds is 0. The van der Waals surface area contributed by atoms with Crippen LogP contribution in [-0.2, 0) is 0 Å². The van der Waals surface area contributed by atoms with E-state index in [4.69, 9.17) is 0 Å². The molecule has 0 aliphatic carbocycles. The molecule has 80 valence electrons. The summed E-state index contributed by atoms with van der Waals surface area (Å²) in [7, 11) is 0. The van der Waals surface area contributed by atoms with Gasteiger partial charge >= 0.3 is 0 Å². The van der Waals surface area contributed by atoms with E-state index in [1.165, 1.54) is 0 Å². The second-order valence-corrected chi connectivity index (χ2v) is 5.16. The zero-order valence-electron chi connectivity index (χ0n) is 9.78. The molecule has 1 atom stereocenters. The summed E-state index contributed by atoms with van der Waals surface area (Å²) in [4.78, 5) is 13.1. The monoisotopic (exact) mass is 203 g/mol. The number of aromatic nitrogens is 2. The second kappa shape index (κ2) is 3.40. The highest BCUT2D eigenvalue weighted by molar-refractivity contribution is 6.05. The van der Waals surface area contributed by atoms with Crippen molar-refractivity contribution in [2.75, 3.05) is 6.54 Å². The summed E-state index contributed by atoms with van der Waals surface area (Å²) < 4.78 is 0. The predicted octanol–water partition coefficient (Wildman–Crippen LogP) is 2.43. The van der Waals surface area contributed by atoms with E-state index in [9.17, 15) is 0 Å². The smallest absolute Gasteiger partial charge is 0.115 e. The fraction of sp³-hybridized carbons (Fsp3) is 0.583. The fourth-order valence-electron chi connectivity index (χ4n) is 1.96. The molecule has 0 amide bonds. The van der Waals surface area contributed by atoms with E-state index >= 15 is 0 Å². The molecule has 0 N–H and O–H groups in total. The Morgan fingerprint density at radius 2 is 2.07 bits per heavy atom. The molecule has 0 radical (unpaired) electrons. The molecule has 1 aliphatic heterocycles. The van der Waals surface area contributed by atoms with E-state index in [0.29, 0.717) is 5.92 Å². The third-order valence-corrected chi connectivity index (χ3v) is 2.70. The van der Waals surface area contributed by atoms with Crippen molar-refractivity contribution in [2.24, 2.45) is 10.4 Å². The highest BCUT2D eigenvalue weighted by atomic mass is 14.9. The molecule has 15 heavy (non-hydrogen) atoms. The molecule has 2 rings (SSSR count). The topological polar surface area (TPSA) is 38.1 Å². The lowest BCUT2D eigenvalue weighted by molar-refractivity contribution is 0.576. The van der Waals surface area contributed by atoms with Crippen molar-refractivity contribution in [3.8, 4) is 0 Å². The van der Waals surface area contributed by atoms with E-state index in [0.717, 1.165) is 23.5 Å². The van der Waals surface area contributed by atoms with Crippen molar-refractivity contribution in [1.29, 1.82) is 0 Å². The number of fused-ring (bicyclic) bond motifs is 1. The van der Waals surface area contributed by atoms with Gasteiger partial charge in [0.05, 0.1) is 11.4 Å². The Kier molecular flexibility index (Phi) is 2.33. The Balaban J connectivity index is 2.55. The van der Waals surface area contributed by atoms with Gasteiger partial charge in [0, 0.05) is 29.6 Å². The van der Waals surface area contributed by atoms with E-state index < -0.39 is 0 Å². The third kappa shape index (κ3) is 1.78. The maximum absolute atomic E-state index is 4.66. The minimum Gasteiger partial charge on any atom is -0.288 e. The van der Waals surface area contributed by atoms with E-state index in [2.05, 4.69) is 42.7 Å². The van der Waals surface area contributed by atoms with Gasteiger partial charge in [-0.25, -0.2) is 9.97 Å². The summed E-state index contributed by atoms with van der Waals surface area (Å²) in [6.07, 6.45) is 3.52. The molecule has 1 aliphatic rings. The molecule has 1 unspecified atom stereocenters. The molecular formula is C12H17N3. The summed E-state index contributed by atoms with van der Waals surface area (Å²) in [6, 6.07) is 0. The molecule has 1 aromatic rings. The van der Waals surface area contributed by atoms with Gasteiger partial charge in [-0.1, -0.05) is 27.7 Å². The van der Waals surface area contributed by atoms with Crippen molar-refractivity contribution in [1.82, 2.24) is 9.97 Å². The van der Waals surface area contributed by atoms with Gasteiger partial charge in [-0.15, -0.1) is 0 Å². The zero-order chi connectivity index (χ0) is 11.1. The normalized spacial score (nSPS) is 20.8. The van der Waals surface area contributed by atoms with Gasteiger partial charge < -0.3 is 0 Å². The Hall–Kier alpha value is -1.25. The minimum atomic E-state index is 0.0691. The Morgan fingerprint density at radius 3 is 2.73 bits per heavy atom. The number of hydrogen-bond acceptors (Lipinski definition) is 3. The van der Waals surface area contributed by atoms with E-state index in [1.807, 2.05) is 6.20 Å². The van der Waals surface area contributed by atoms with Crippen LogP contribution in [0, 0.1) is 5.41 Å². The van der Waals surface area contributed by atoms with Gasteiger partial charge in [0.2, 0.25) is 0 Å². The Labute approximate surface area is 90.7 Å². The van der Waals surface area contributed by atoms with Gasteiger partial charge in [0.25, 0.3) is 0 Å². The van der Waals surface area contributed by atoms with Gasteiger partial charge in [-0.05, 0) is 0 Å². The number of aliphatic imine (C=N–C) groups is 1. The van der Waals surface area contributed by atoms with Crippen LogP contribution in [0.5, 0.6) is 0 Å². The molecule has 1 aromatic heterocycles. The summed E-state index contributed by atoms with van der Waals surface area (Å²) in [5, 5.41) is 0. The van der Waals surface area contributed by atoms with Crippen molar-refractivity contribution >= 4 is 5.71 Å². The molecule has 2 heterocycles. The average Bonchev–Trinajstić information content (AvgIpc) is 2.17. The van der Waals surface area contributed by atoms with Crippen LogP contribution in [0.3, 0.4) is 0 Å². The van der Waals surface area contributed by atoms with Gasteiger partial charge in [0.15, 0.2) is 0 Å². The predicted molar refractivity (Wildman–Crippen MR) is 61.3 cm³/mol. The van der Waals surface area contributed by atoms with Gasteiger partial charge in [0.1, 0.15) is 6.33 Å². The standard InChI is InChI=1S/C12H17N3/c1-8-5-14-11(12(2,3)4)9-6-13-7-15-10(8)9/h6-8H,5H2,1-4H3. The Bertz CT molecular complexity index is 402. The van der Waals surface area contributed by atoms with Crippen molar-refractivity contribution in [3.05, 3.63) is 23.8 Å². The van der Waals surface area contributed by atoms with Crippen LogP contribution < -0.4 is 0 Å². The first-order valence-electron chi connectivity index (χ1n) is 5.35. The van der Waals surface area contributed by atoms with Crippen LogP contribution in [0.25, 0.3) is 0 Å². The largest absolute Gasteiger partial charge is 0.288 e. The summed E-state index contributed by atoms with van der Waals surface area (Å²) in [5.74, 6) is 0.411. The van der Waals surface area contributed by atoms with Crippen LogP contribution in [0.1, 0.15) is 44.9 Å². The number of nitrogens with zero attached hydrogens (tertiary/aromatic N) is 3. The lowest BCUT2D eigenvalue weighted by Gasteiger charge is -2.28. The fourth-order valence-corrected chi connectivity index (χ4v) is 1.96. The first-order valence-corrected chi connectivity index (χ1v) is 5.35. The Morgan fingerprint density at radius 1 is 1.33 bits per heavy atom. The van der Waals surface area contributed by atoms with E-state index in [1.54, 1.807) is 6.33 Å². The summed E-state index contributed by atoms with van der Waals surface area (Å²) in [5.41, 5.74) is 3.48. The molecule has 3 nitrogen and oxygen atoms in total. The van der Waals surface area contributed by atoms with Crippen LogP contribution >= 0.6 is 0 Å². The van der Waals surface area contributed by atoms with Crippen molar-refractivity contribution in [2.45, 2.75) is 33.6 Å². The SMILES string of the molecule is CC1CN=C(C(C)(C)C)c2cncnc21. The molecule has 0 bridgehead atoms. The van der Waals surface area contributed by atoms with Gasteiger partial charge in [-0.3, -0.25) is 4.99 Å². The molecule has 0 aromatic carbocycles. The first kappa shape index (κ1) is 10.3.